The van der Waals surface area contributed by atoms with E-state index < -0.39 is 7.05 Å². The van der Waals surface area contributed by atoms with Crippen LogP contribution < -0.4 is 15.9 Å². The summed E-state index contributed by atoms with van der Waals surface area (Å²) in [5.41, 5.74) is 7.42. The zero-order chi connectivity index (χ0) is 25.4. The molecular weight excluding hydrogens is 489 g/mol. The number of aryl methyl sites for hydroxylation is 3. The molecule has 0 saturated carbocycles. The van der Waals surface area contributed by atoms with Crippen molar-refractivity contribution in [2.24, 2.45) is 4.74 Å². The van der Waals surface area contributed by atoms with Gasteiger partial charge in [-0.1, -0.05) is 125 Å². The Balaban J connectivity index is 0.000000503. The van der Waals surface area contributed by atoms with Crippen molar-refractivity contribution in [2.75, 3.05) is 0 Å². The Morgan fingerprint density at radius 2 is 1.14 bits per heavy atom. The molecule has 0 unspecified atom stereocenters. The molecule has 0 bridgehead atoms. The van der Waals surface area contributed by atoms with Crippen LogP contribution in [0, 0.1) is 20.8 Å². The minimum atomic E-state index is -2.15. The minimum Gasteiger partial charge on any atom is -0.258 e. The summed E-state index contributed by atoms with van der Waals surface area (Å²) in [5.74, 6) is 0. The van der Waals surface area contributed by atoms with Gasteiger partial charge in [-0.25, -0.2) is 0 Å². The van der Waals surface area contributed by atoms with Gasteiger partial charge in [0.05, 0.1) is 7.05 Å². The summed E-state index contributed by atoms with van der Waals surface area (Å²) in [6.45, 7) is 16.3. The van der Waals surface area contributed by atoms with Gasteiger partial charge in [-0.3, -0.25) is 4.74 Å². The molecule has 1 aliphatic carbocycles. The van der Waals surface area contributed by atoms with E-state index in [9.17, 15) is 0 Å². The van der Waals surface area contributed by atoms with Gasteiger partial charge in [0.2, 0.25) is 0 Å². The second kappa shape index (κ2) is 13.8. The van der Waals surface area contributed by atoms with Crippen LogP contribution in [0.2, 0.25) is 0 Å². The van der Waals surface area contributed by atoms with E-state index in [2.05, 4.69) is 131 Å². The first-order valence-corrected chi connectivity index (χ1v) is 14.0. The van der Waals surface area contributed by atoms with Gasteiger partial charge in [-0.2, -0.15) is 0 Å². The average molecular weight is 528 g/mol. The number of rotatable bonds is 5. The first-order valence-electron chi connectivity index (χ1n) is 12.2. The third-order valence-electron chi connectivity index (χ3n) is 6.36. The summed E-state index contributed by atoms with van der Waals surface area (Å²) in [6.07, 6.45) is 9.43. The van der Waals surface area contributed by atoms with Crippen LogP contribution in [0.3, 0.4) is 0 Å². The second-order valence-corrected chi connectivity index (χ2v) is 12.3. The Morgan fingerprint density at radius 3 is 1.39 bits per heavy atom. The van der Waals surface area contributed by atoms with Crippen LogP contribution >= 0.6 is 7.05 Å². The molecule has 0 saturated heterocycles. The van der Waals surface area contributed by atoms with Gasteiger partial charge < -0.3 is 0 Å². The van der Waals surface area contributed by atoms with Gasteiger partial charge in [0.15, 0.2) is 0 Å². The third-order valence-corrected chi connectivity index (χ3v) is 10.1. The van der Waals surface area contributed by atoms with Crippen molar-refractivity contribution in [3.63, 3.8) is 0 Å². The van der Waals surface area contributed by atoms with Crippen molar-refractivity contribution in [2.45, 2.75) is 48.0 Å². The largest absolute Gasteiger partial charge is 0.258 e. The summed E-state index contributed by atoms with van der Waals surface area (Å²) < 4.78 is 5.52. The van der Waals surface area contributed by atoms with Crippen molar-refractivity contribution in [3.8, 4) is 0 Å². The molecule has 0 radical (unpaired) electrons. The van der Waals surface area contributed by atoms with E-state index in [4.69, 9.17) is 4.74 Å². The molecule has 3 aromatic rings. The first kappa shape index (κ1) is 29.8. The molecule has 3 aromatic carbocycles. The van der Waals surface area contributed by atoms with Crippen molar-refractivity contribution < 1.29 is 21.7 Å². The van der Waals surface area contributed by atoms with Crippen LogP contribution in [0.4, 0.5) is 0 Å². The zero-order valence-electron chi connectivity index (χ0n) is 22.5. The van der Waals surface area contributed by atoms with Crippen molar-refractivity contribution in [1.82, 2.24) is 0 Å². The van der Waals surface area contributed by atoms with Crippen LogP contribution in [0.15, 0.2) is 125 Å². The van der Waals surface area contributed by atoms with Crippen LogP contribution in [0.25, 0.3) is 0 Å². The fourth-order valence-electron chi connectivity index (χ4n) is 3.85. The minimum absolute atomic E-state index is 0. The molecule has 1 nitrogen and oxygen atoms in total. The Labute approximate surface area is 233 Å². The predicted octanol–water partition coefficient (Wildman–Crippen LogP) is 8.46. The maximum absolute atomic E-state index is 5.52. The molecule has 0 fully saturated rings. The molecule has 4 rings (SSSR count). The molecule has 0 heterocycles. The van der Waals surface area contributed by atoms with Crippen LogP contribution in [0.5, 0.6) is 0 Å². The third kappa shape index (κ3) is 7.30. The molecule has 0 N–H and O–H groups in total. The van der Waals surface area contributed by atoms with Crippen molar-refractivity contribution >= 4 is 23.0 Å². The van der Waals surface area contributed by atoms with Crippen molar-refractivity contribution in [3.05, 3.63) is 137 Å². The smallest absolute Gasteiger partial charge is 0.0608 e. The molecule has 36 heavy (non-hydrogen) atoms. The monoisotopic (exact) mass is 527 g/mol. The summed E-state index contributed by atoms with van der Waals surface area (Å²) in [6, 6.07) is 26.9. The van der Waals surface area contributed by atoms with E-state index in [1.165, 1.54) is 38.2 Å². The average Bonchev–Trinajstić information content (AvgIpc) is 3.37. The fraction of sp³-hybridized carbons (Fsp3) is 0.212. The quantitative estimate of drug-likeness (QED) is 0.179. The normalized spacial score (nSPS) is 12.7. The van der Waals surface area contributed by atoms with Gasteiger partial charge in [0, 0.05) is 49.7 Å². The number of allylic oxidation sites excluding steroid dienone is 6. The topological polar surface area (TPSA) is 12.4 Å². The van der Waals surface area contributed by atoms with Crippen LogP contribution in [-0.2, 0) is 21.7 Å². The van der Waals surface area contributed by atoms with E-state index in [1.807, 2.05) is 13.8 Å². The fourth-order valence-corrected chi connectivity index (χ4v) is 7.37. The summed E-state index contributed by atoms with van der Waals surface area (Å²) in [7, 11) is -2.15. The molecule has 3 heteroatoms. The summed E-state index contributed by atoms with van der Waals surface area (Å²) in [5, 5.41) is 3.91. The first-order chi connectivity index (χ1) is 16.8. The van der Waals surface area contributed by atoms with E-state index >= 15 is 0 Å². The Hall–Kier alpha value is -2.44. The maximum Gasteiger partial charge on any atom is 0.0608 e. The standard InChI is InChI=1S/C26H26NP.C7H12.Ti/c1-20-8-14-24(15-9-20)28(27-23-6-4-5-7-23,25-16-10-21(2)11-17-25)26-18-12-22(3)13-19-26;1-5-7(4)6(2)3;/h4-6,8-19H,7H2,1-3H3;5H,2H2,1,3-4H3;. The Bertz CT molecular complexity index is 1190. The van der Waals surface area contributed by atoms with Crippen LogP contribution in [0.1, 0.15) is 43.9 Å². The van der Waals surface area contributed by atoms with Crippen molar-refractivity contribution in [1.29, 1.82) is 0 Å². The molecule has 184 valence electrons. The molecule has 0 aromatic heterocycles. The number of hydrogen-bond donors (Lipinski definition) is 0. The van der Waals surface area contributed by atoms with Crippen LogP contribution in [-0.4, -0.2) is 0 Å². The molecule has 0 spiro atoms. The predicted molar refractivity (Wildman–Crippen MR) is 158 cm³/mol. The number of hydrogen-bond acceptors (Lipinski definition) is 1. The molecule has 0 aliphatic heterocycles. The zero-order valence-corrected chi connectivity index (χ0v) is 25.0. The second-order valence-electron chi connectivity index (χ2n) is 9.28. The number of nitrogens with zero attached hydrogens (tertiary/aromatic N) is 1. The van der Waals surface area contributed by atoms with Gasteiger partial charge in [-0.15, -0.1) is 0 Å². The van der Waals surface area contributed by atoms with Gasteiger partial charge >= 0.3 is 0 Å². The van der Waals surface area contributed by atoms with Gasteiger partial charge in [0.1, 0.15) is 0 Å². The SMILES string of the molecule is C=C(C)C(C)=CC.Cc1ccc(P(=NC2=CC=CC2)(c2ccc(C)cc2)c2ccc(C)cc2)cc1.[Ti]. The van der Waals surface area contributed by atoms with E-state index in [0.717, 1.165) is 17.7 Å². The summed E-state index contributed by atoms with van der Waals surface area (Å²) >= 11 is 0. The van der Waals surface area contributed by atoms with E-state index in [1.54, 1.807) is 0 Å². The van der Waals surface area contributed by atoms with Gasteiger partial charge in [0.25, 0.3) is 0 Å². The maximum atomic E-state index is 5.52. The summed E-state index contributed by atoms with van der Waals surface area (Å²) in [4.78, 5) is 0. The number of benzene rings is 3. The molecular formula is C33H38NPTi. The van der Waals surface area contributed by atoms with Gasteiger partial charge in [-0.05, 0) is 47.6 Å². The van der Waals surface area contributed by atoms with E-state index in [-0.39, 0.29) is 21.7 Å². The molecule has 0 atom stereocenters. The molecule has 1 aliphatic rings. The van der Waals surface area contributed by atoms with E-state index in [0.29, 0.717) is 0 Å². The molecule has 0 amide bonds. The Kier molecular flexibility index (Phi) is 11.4. The Morgan fingerprint density at radius 1 is 0.750 bits per heavy atom.